The zero-order valence-corrected chi connectivity index (χ0v) is 34.9. The number of furan rings is 1. The second kappa shape index (κ2) is 17.2. The molecular weight excluding hydrogens is 865 g/mol. The fourth-order valence-electron chi connectivity index (χ4n) is 7.33. The van der Waals surface area contributed by atoms with Gasteiger partial charge in [0, 0.05) is 42.0 Å². The fraction of sp³-hybridized carbons (Fsp3) is 0.200. The van der Waals surface area contributed by atoms with Gasteiger partial charge in [0.2, 0.25) is 0 Å². The van der Waals surface area contributed by atoms with Crippen LogP contribution >= 0.6 is 0 Å². The minimum Gasteiger partial charge on any atom is -0.501 e. The smallest absolute Gasteiger partial charge is 0.121 e. The van der Waals surface area contributed by atoms with Gasteiger partial charge < -0.3 is 14.4 Å². The third-order valence-electron chi connectivity index (χ3n) is 10.2. The number of hydrogen-bond donors (Lipinski definition) is 0. The van der Waals surface area contributed by atoms with Gasteiger partial charge in [0.25, 0.3) is 0 Å². The summed E-state index contributed by atoms with van der Waals surface area (Å²) >= 11 is 0. The molecule has 1 fully saturated rings. The Labute approximate surface area is 344 Å². The van der Waals surface area contributed by atoms with Crippen molar-refractivity contribution in [2.75, 3.05) is 0 Å². The second-order valence-corrected chi connectivity index (χ2v) is 20.0. The van der Waals surface area contributed by atoms with Crippen molar-refractivity contribution in [2.45, 2.75) is 64.0 Å². The summed E-state index contributed by atoms with van der Waals surface area (Å²) in [6.45, 7) is 6.68. The normalized spacial score (nSPS) is 14.9. The third kappa shape index (κ3) is 8.81. The van der Waals surface area contributed by atoms with Crippen molar-refractivity contribution < 1.29 is 28.6 Å². The Morgan fingerprint density at radius 3 is 2.24 bits per heavy atom. The van der Waals surface area contributed by atoms with Crippen molar-refractivity contribution in [3.8, 4) is 33.6 Å². The Kier molecular flexibility index (Phi) is 10.8. The third-order valence-corrected chi connectivity index (χ3v) is 12.2. The molecule has 5 heteroatoms. The number of fused-ring (bicyclic) bond motifs is 3. The molecule has 1 radical (unpaired) electrons. The SMILES string of the molecule is [2H]C([2H])(c1ccccc1)c1cc(-c2[c-]cccc2)ncc1[Si](C)(C)C.[2H]C1(c2ccnc(-c3[c-]ccc4c3oc3cc(-c5ccccc5)ccc34)c2)CCCCC1.[Ir]. The predicted molar refractivity (Wildman–Crippen MR) is 228 cm³/mol. The molecule has 0 spiro atoms. The maximum Gasteiger partial charge on any atom is 0.121 e. The minimum absolute atomic E-state index is 0. The Bertz CT molecular complexity index is 2640. The topological polar surface area (TPSA) is 38.9 Å². The van der Waals surface area contributed by atoms with E-state index >= 15 is 0 Å². The van der Waals surface area contributed by atoms with Crippen molar-refractivity contribution in [2.24, 2.45) is 0 Å². The molecule has 0 atom stereocenters. The van der Waals surface area contributed by atoms with Crippen LogP contribution in [0.15, 0.2) is 150 Å². The average molecular weight is 914 g/mol. The summed E-state index contributed by atoms with van der Waals surface area (Å²) in [5.41, 5.74) is 9.75. The maximum atomic E-state index is 9.02. The van der Waals surface area contributed by atoms with E-state index in [1.54, 1.807) is 0 Å². The van der Waals surface area contributed by atoms with Gasteiger partial charge in [0.05, 0.1) is 13.7 Å². The van der Waals surface area contributed by atoms with Crippen molar-refractivity contribution in [3.63, 3.8) is 0 Å². The Balaban J connectivity index is 0.000000179. The van der Waals surface area contributed by atoms with Gasteiger partial charge in [-0.25, -0.2) is 0 Å². The summed E-state index contributed by atoms with van der Waals surface area (Å²) in [6.07, 6.45) is 7.44. The first kappa shape index (κ1) is 34.5. The van der Waals surface area contributed by atoms with E-state index in [0.717, 1.165) is 92.0 Å². The summed E-state index contributed by atoms with van der Waals surface area (Å²) in [5, 5.41) is 3.22. The van der Waals surface area contributed by atoms with E-state index in [1.807, 2.05) is 91.3 Å². The van der Waals surface area contributed by atoms with Gasteiger partial charge in [-0.2, -0.15) is 0 Å². The molecule has 0 unspecified atom stereocenters. The van der Waals surface area contributed by atoms with E-state index in [1.165, 1.54) is 12.0 Å². The van der Waals surface area contributed by atoms with Gasteiger partial charge in [-0.05, 0) is 70.5 Å². The van der Waals surface area contributed by atoms with E-state index in [0.29, 0.717) is 5.56 Å². The van der Waals surface area contributed by atoms with Gasteiger partial charge in [0.15, 0.2) is 0 Å². The summed E-state index contributed by atoms with van der Waals surface area (Å²) in [4.78, 5) is 9.27. The number of nitrogens with zero attached hydrogens (tertiary/aromatic N) is 2. The molecule has 0 bridgehead atoms. The molecule has 1 aliphatic carbocycles. The second-order valence-electron chi connectivity index (χ2n) is 15.0. The summed E-state index contributed by atoms with van der Waals surface area (Å²) < 4.78 is 33.1. The predicted octanol–water partition coefficient (Wildman–Crippen LogP) is 12.8. The molecule has 3 nitrogen and oxygen atoms in total. The number of benzene rings is 5. The van der Waals surface area contributed by atoms with Gasteiger partial charge in [-0.15, -0.1) is 54.1 Å². The monoisotopic (exact) mass is 914 g/mol. The Morgan fingerprint density at radius 1 is 0.727 bits per heavy atom. The summed E-state index contributed by atoms with van der Waals surface area (Å²) in [5.74, 6) is -0.512. The molecule has 5 aromatic carbocycles. The van der Waals surface area contributed by atoms with E-state index in [4.69, 9.17) is 8.53 Å². The van der Waals surface area contributed by atoms with Gasteiger partial charge >= 0.3 is 0 Å². The largest absolute Gasteiger partial charge is 0.501 e. The maximum absolute atomic E-state index is 9.02. The van der Waals surface area contributed by atoms with Crippen molar-refractivity contribution in [3.05, 3.63) is 175 Å². The zero-order valence-electron chi connectivity index (χ0n) is 34.5. The van der Waals surface area contributed by atoms with Crippen LogP contribution in [0.4, 0.5) is 0 Å². The van der Waals surface area contributed by atoms with Gasteiger partial charge in [-0.1, -0.05) is 146 Å². The van der Waals surface area contributed by atoms with Gasteiger partial charge in [-0.3, -0.25) is 0 Å². The summed E-state index contributed by atoms with van der Waals surface area (Å²) in [6, 6.07) is 50.4. The first-order valence-electron chi connectivity index (χ1n) is 20.4. The van der Waals surface area contributed by atoms with Crippen LogP contribution in [-0.2, 0) is 26.5 Å². The quantitative estimate of drug-likeness (QED) is 0.118. The molecule has 1 aliphatic rings. The molecule has 0 N–H and O–H groups in total. The molecule has 55 heavy (non-hydrogen) atoms. The molecule has 8 aromatic rings. The number of aromatic nitrogens is 2. The Morgan fingerprint density at radius 2 is 1.49 bits per heavy atom. The van der Waals surface area contributed by atoms with Crippen molar-refractivity contribution >= 4 is 35.2 Å². The first-order chi connectivity index (χ1) is 27.5. The Hall–Kier alpha value is -4.93. The van der Waals surface area contributed by atoms with Crippen LogP contribution in [0.25, 0.3) is 55.6 Å². The van der Waals surface area contributed by atoms with Crippen LogP contribution in [0.3, 0.4) is 0 Å². The molecule has 0 aliphatic heterocycles. The molecule has 3 heterocycles. The van der Waals surface area contributed by atoms with Crippen LogP contribution in [0, 0.1) is 12.1 Å². The molecule has 1 saturated carbocycles. The van der Waals surface area contributed by atoms with Crippen LogP contribution in [0.5, 0.6) is 0 Å². The van der Waals surface area contributed by atoms with Crippen LogP contribution in [0.2, 0.25) is 19.6 Å². The van der Waals surface area contributed by atoms with E-state index in [9.17, 15) is 0 Å². The molecule has 3 aromatic heterocycles. The minimum atomic E-state index is -1.76. The fourth-order valence-corrected chi connectivity index (χ4v) is 8.72. The molecule has 0 amide bonds. The van der Waals surface area contributed by atoms with Crippen LogP contribution < -0.4 is 5.19 Å². The van der Waals surface area contributed by atoms with Crippen LogP contribution in [-0.4, -0.2) is 18.0 Å². The van der Waals surface area contributed by atoms with E-state index in [-0.39, 0.29) is 20.1 Å². The first-order valence-corrected chi connectivity index (χ1v) is 22.4. The molecule has 9 rings (SSSR count). The van der Waals surface area contributed by atoms with E-state index in [2.05, 4.69) is 96.3 Å². The van der Waals surface area contributed by atoms with Crippen molar-refractivity contribution in [1.82, 2.24) is 9.97 Å². The van der Waals surface area contributed by atoms with Gasteiger partial charge in [0.1, 0.15) is 5.58 Å². The number of rotatable bonds is 7. The molecular formula is C50H46IrN2OSi-2. The van der Waals surface area contributed by atoms with E-state index < -0.39 is 20.3 Å². The zero-order chi connectivity index (χ0) is 39.6. The number of hydrogen-bond acceptors (Lipinski definition) is 3. The van der Waals surface area contributed by atoms with Crippen molar-refractivity contribution in [1.29, 1.82) is 0 Å². The summed E-state index contributed by atoms with van der Waals surface area (Å²) in [7, 11) is -1.76. The molecule has 277 valence electrons. The molecule has 0 saturated heterocycles. The van der Waals surface area contributed by atoms with Crippen LogP contribution in [0.1, 0.15) is 58.8 Å². The standard InChI is InChI=1S/C29H24NO.C21H22NSi.Ir/c1-3-8-20(9-4-1)22-14-15-24-25-12-7-13-26(29(25)31-28(24)19-22)27-18-23(16-17-30-27)21-10-5-2-6-11-21;1-23(2,3)21-16-22-20(18-12-8-5-9-13-18)15-19(21)14-17-10-6-4-7-11-17;/h1,3-4,7-9,12,14-19,21H,2,5-6,10-11H2;4-12,15-16H,14H2,1-3H3;/q2*-1;/i21D;14D2;. The number of pyridine rings is 2. The average Bonchev–Trinajstić information content (AvgIpc) is 3.63.